The van der Waals surface area contributed by atoms with Crippen LogP contribution in [-0.2, 0) is 16.1 Å². The molecule has 0 bridgehead atoms. The predicted octanol–water partition coefficient (Wildman–Crippen LogP) is 1.39. The molecule has 1 aromatic heterocycles. The molecule has 0 atom stereocenters. The highest BCUT2D eigenvalue weighted by Crippen LogP contribution is 2.32. The highest BCUT2D eigenvalue weighted by Gasteiger charge is 2.37. The maximum atomic E-state index is 12.1. The largest absolute Gasteiger partial charge is 0.375 e. The number of ether oxygens (including phenoxy) is 1. The number of hydrogen-bond donors (Lipinski definition) is 0. The van der Waals surface area contributed by atoms with Crippen LogP contribution in [0.2, 0.25) is 0 Å². The molecule has 4 rings (SSSR count). The van der Waals surface area contributed by atoms with Gasteiger partial charge < -0.3 is 9.64 Å². The minimum absolute atomic E-state index is 0.290. The van der Waals surface area contributed by atoms with Crippen LogP contribution < -0.4 is 0 Å². The molecule has 114 valence electrons. The van der Waals surface area contributed by atoms with Gasteiger partial charge in [-0.3, -0.25) is 4.79 Å². The molecule has 0 aromatic carbocycles. The molecular weight excluding hydrogens is 268 g/mol. The summed E-state index contributed by atoms with van der Waals surface area (Å²) >= 11 is 0. The molecule has 6 nitrogen and oxygen atoms in total. The quantitative estimate of drug-likeness (QED) is 0.794. The van der Waals surface area contributed by atoms with Gasteiger partial charge in [-0.1, -0.05) is 11.6 Å². The van der Waals surface area contributed by atoms with Crippen LogP contribution in [0.15, 0.2) is 6.20 Å². The smallest absolute Gasteiger partial charge is 0.225 e. The van der Waals surface area contributed by atoms with Gasteiger partial charge in [-0.2, -0.15) is 0 Å². The maximum absolute atomic E-state index is 12.1. The molecule has 3 fully saturated rings. The first-order valence-electron chi connectivity index (χ1n) is 8.07. The number of amides is 1. The fourth-order valence-corrected chi connectivity index (χ4v) is 2.89. The van der Waals surface area contributed by atoms with Gasteiger partial charge in [-0.15, -0.1) is 5.10 Å². The molecule has 0 radical (unpaired) electrons. The lowest BCUT2D eigenvalue weighted by Gasteiger charge is -2.42. The number of carbonyl (C=O) groups is 1. The first-order valence-corrected chi connectivity index (χ1v) is 8.07. The summed E-state index contributed by atoms with van der Waals surface area (Å²) in [5, 5.41) is 8.33. The van der Waals surface area contributed by atoms with Gasteiger partial charge >= 0.3 is 0 Å². The first kappa shape index (κ1) is 13.2. The summed E-state index contributed by atoms with van der Waals surface area (Å²) in [7, 11) is 0. The third kappa shape index (κ3) is 2.81. The zero-order valence-electron chi connectivity index (χ0n) is 12.3. The van der Waals surface area contributed by atoms with Crippen molar-refractivity contribution in [1.29, 1.82) is 0 Å². The molecule has 0 N–H and O–H groups in total. The van der Waals surface area contributed by atoms with E-state index in [1.165, 1.54) is 19.3 Å². The Balaban J connectivity index is 1.23. The lowest BCUT2D eigenvalue weighted by atomic mass is 9.83. The van der Waals surface area contributed by atoms with Crippen LogP contribution in [0.25, 0.3) is 0 Å². The summed E-state index contributed by atoms with van der Waals surface area (Å²) in [6.07, 6.45) is 7.93. The van der Waals surface area contributed by atoms with E-state index in [9.17, 15) is 4.79 Å². The van der Waals surface area contributed by atoms with Crippen molar-refractivity contribution < 1.29 is 9.53 Å². The van der Waals surface area contributed by atoms with Gasteiger partial charge in [0.05, 0.1) is 18.8 Å². The zero-order chi connectivity index (χ0) is 14.2. The summed E-state index contributed by atoms with van der Waals surface area (Å²) in [5.41, 5.74) is 0.888. The Hall–Kier alpha value is -1.43. The molecule has 2 heterocycles. The minimum Gasteiger partial charge on any atom is -0.375 e. The average molecular weight is 290 g/mol. The Labute approximate surface area is 124 Å². The number of hydrogen-bond acceptors (Lipinski definition) is 4. The van der Waals surface area contributed by atoms with Crippen molar-refractivity contribution in [1.82, 2.24) is 19.9 Å². The van der Waals surface area contributed by atoms with Gasteiger partial charge in [0, 0.05) is 25.6 Å². The monoisotopic (exact) mass is 290 g/mol. The van der Waals surface area contributed by atoms with Crippen LogP contribution in [-0.4, -0.2) is 45.5 Å². The van der Waals surface area contributed by atoms with E-state index in [1.807, 2.05) is 15.8 Å². The van der Waals surface area contributed by atoms with E-state index >= 15 is 0 Å². The summed E-state index contributed by atoms with van der Waals surface area (Å²) in [6.45, 7) is 2.95. The molecular formula is C15H22N4O2. The molecule has 1 saturated heterocycles. The molecule has 0 spiro atoms. The number of rotatable bonds is 6. The lowest BCUT2D eigenvalue weighted by molar-refractivity contribution is -0.144. The third-order valence-corrected chi connectivity index (χ3v) is 4.86. The zero-order valence-corrected chi connectivity index (χ0v) is 12.3. The first-order chi connectivity index (χ1) is 10.3. The van der Waals surface area contributed by atoms with E-state index in [1.54, 1.807) is 0 Å². The molecule has 1 amide bonds. The van der Waals surface area contributed by atoms with Gasteiger partial charge in [-0.25, -0.2) is 4.68 Å². The van der Waals surface area contributed by atoms with Gasteiger partial charge in [0.2, 0.25) is 5.91 Å². The van der Waals surface area contributed by atoms with Crippen LogP contribution in [0.4, 0.5) is 0 Å². The molecule has 1 aliphatic heterocycles. The molecule has 0 unspecified atom stereocenters. The molecule has 2 aliphatic carbocycles. The second-order valence-corrected chi connectivity index (χ2v) is 6.67. The number of carbonyl (C=O) groups excluding carboxylic acids is 1. The van der Waals surface area contributed by atoms with Crippen LogP contribution in [0.3, 0.4) is 0 Å². The van der Waals surface area contributed by atoms with E-state index in [0.29, 0.717) is 24.5 Å². The highest BCUT2D eigenvalue weighted by atomic mass is 16.5. The Morgan fingerprint density at radius 3 is 2.76 bits per heavy atom. The maximum Gasteiger partial charge on any atom is 0.225 e. The number of likely N-dealkylation sites (tertiary alicyclic amines) is 1. The summed E-state index contributed by atoms with van der Waals surface area (Å²) in [4.78, 5) is 14.0. The van der Waals surface area contributed by atoms with Crippen molar-refractivity contribution in [2.24, 2.45) is 11.8 Å². The topological polar surface area (TPSA) is 60.2 Å². The van der Waals surface area contributed by atoms with Gasteiger partial charge in [0.15, 0.2) is 0 Å². The fraction of sp³-hybridized carbons (Fsp3) is 0.800. The normalized spacial score (nSPS) is 23.0. The highest BCUT2D eigenvalue weighted by molar-refractivity contribution is 5.80. The van der Waals surface area contributed by atoms with E-state index in [2.05, 4.69) is 10.3 Å². The van der Waals surface area contributed by atoms with E-state index in [4.69, 9.17) is 4.74 Å². The van der Waals surface area contributed by atoms with Crippen molar-refractivity contribution in [2.75, 3.05) is 19.7 Å². The second-order valence-electron chi connectivity index (χ2n) is 6.67. The van der Waals surface area contributed by atoms with Crippen LogP contribution in [0.1, 0.15) is 43.8 Å². The molecule has 1 aromatic rings. The van der Waals surface area contributed by atoms with Crippen molar-refractivity contribution in [3.05, 3.63) is 11.9 Å². The van der Waals surface area contributed by atoms with E-state index < -0.39 is 0 Å². The van der Waals surface area contributed by atoms with Gasteiger partial charge in [0.25, 0.3) is 0 Å². The predicted molar refractivity (Wildman–Crippen MR) is 75.4 cm³/mol. The number of nitrogens with zero attached hydrogens (tertiary/aromatic N) is 4. The summed E-state index contributed by atoms with van der Waals surface area (Å²) < 4.78 is 7.51. The minimum atomic E-state index is 0.290. The molecule has 2 saturated carbocycles. The Kier molecular flexibility index (Phi) is 3.41. The second kappa shape index (κ2) is 5.40. The fourth-order valence-electron chi connectivity index (χ4n) is 2.89. The number of aromatic nitrogens is 3. The van der Waals surface area contributed by atoms with Gasteiger partial charge in [-0.05, 0) is 31.6 Å². The summed E-state index contributed by atoms with van der Waals surface area (Å²) in [5.74, 6) is 1.41. The average Bonchev–Trinajstić information content (AvgIpc) is 3.05. The van der Waals surface area contributed by atoms with E-state index in [-0.39, 0.29) is 0 Å². The Bertz CT molecular complexity index is 515. The van der Waals surface area contributed by atoms with E-state index in [0.717, 1.165) is 44.1 Å². The standard InChI is InChI=1S/C15H22N4O2/c20-15(12-2-1-3-12)18-7-14(8-18)19-6-13(16-17-19)10-21-9-11-4-5-11/h6,11-12,14H,1-5,7-10H2. The summed E-state index contributed by atoms with van der Waals surface area (Å²) in [6, 6.07) is 0.290. The van der Waals surface area contributed by atoms with Crippen LogP contribution >= 0.6 is 0 Å². The third-order valence-electron chi connectivity index (χ3n) is 4.86. The lowest BCUT2D eigenvalue weighted by Crippen LogP contribution is -2.53. The van der Waals surface area contributed by atoms with Crippen LogP contribution in [0, 0.1) is 11.8 Å². The van der Waals surface area contributed by atoms with Gasteiger partial charge in [0.1, 0.15) is 5.69 Å². The van der Waals surface area contributed by atoms with Crippen molar-refractivity contribution in [3.8, 4) is 0 Å². The molecule has 21 heavy (non-hydrogen) atoms. The van der Waals surface area contributed by atoms with Crippen molar-refractivity contribution >= 4 is 5.91 Å². The SMILES string of the molecule is O=C(C1CCC1)N1CC(n2cc(COCC3CC3)nn2)C1. The molecule has 6 heteroatoms. The Morgan fingerprint density at radius 1 is 1.29 bits per heavy atom. The molecule has 3 aliphatic rings. The van der Waals surface area contributed by atoms with Crippen molar-refractivity contribution in [2.45, 2.75) is 44.8 Å². The Morgan fingerprint density at radius 2 is 2.10 bits per heavy atom. The van der Waals surface area contributed by atoms with Crippen LogP contribution in [0.5, 0.6) is 0 Å². The van der Waals surface area contributed by atoms with Crippen molar-refractivity contribution in [3.63, 3.8) is 0 Å².